The molecule has 79 heavy (non-hydrogen) atoms. The lowest BCUT2D eigenvalue weighted by molar-refractivity contribution is -0.301. The third-order valence-electron chi connectivity index (χ3n) is 13.3. The van der Waals surface area contributed by atoms with Gasteiger partial charge in [-0.1, -0.05) is 207 Å². The van der Waals surface area contributed by atoms with Crippen LogP contribution in [0.25, 0.3) is 0 Å². The van der Waals surface area contributed by atoms with Crippen molar-refractivity contribution in [2.45, 2.75) is 276 Å². The molecule has 1 aliphatic heterocycles. The van der Waals surface area contributed by atoms with Crippen LogP contribution in [0.5, 0.6) is 0 Å². The minimum Gasteiger partial charge on any atom is -0.479 e. The van der Waals surface area contributed by atoms with E-state index in [4.69, 9.17) is 23.7 Å². The third-order valence-corrected chi connectivity index (χ3v) is 13.3. The zero-order valence-electron chi connectivity index (χ0n) is 49.3. The summed E-state index contributed by atoms with van der Waals surface area (Å²) in [6.07, 6.45) is 60.5. The molecule has 0 aliphatic carbocycles. The topological polar surface area (TPSA) is 175 Å². The molecule has 0 saturated carbocycles. The molecular formula is C67H108O12. The van der Waals surface area contributed by atoms with E-state index in [9.17, 15) is 34.5 Å². The maximum absolute atomic E-state index is 13.2. The molecule has 1 rings (SSSR count). The molecule has 1 saturated heterocycles. The first kappa shape index (κ1) is 72.4. The predicted molar refractivity (Wildman–Crippen MR) is 321 cm³/mol. The molecule has 0 aromatic carbocycles. The number of carbonyl (C=O) groups excluding carboxylic acids is 3. The monoisotopic (exact) mass is 1100 g/mol. The summed E-state index contributed by atoms with van der Waals surface area (Å²) in [5.74, 6) is -3.23. The number of hydrogen-bond acceptors (Lipinski definition) is 11. The summed E-state index contributed by atoms with van der Waals surface area (Å²) in [5, 5.41) is 31.5. The first-order chi connectivity index (χ1) is 38.6. The number of carbonyl (C=O) groups is 4. The molecule has 0 radical (unpaired) electrons. The maximum Gasteiger partial charge on any atom is 0.335 e. The van der Waals surface area contributed by atoms with Gasteiger partial charge in [0.05, 0.1) is 6.61 Å². The molecule has 3 N–H and O–H groups in total. The standard InChI is InChI=1S/C67H108O12/c1-4-7-10-13-16-19-22-25-28-30-33-35-38-41-44-47-50-53-59(68)75-56-58(77-60(69)54-51-48-45-42-39-36-32-27-24-21-18-15-12-9-6-3)57-76-67-65(63(72)62(71)64(79-67)66(73)74)78-61(70)55-52-49-46-43-40-37-34-31-29-26-23-20-17-14-11-8-5-2/h8,11,16-21,25-29,32,34,37,43,46,58,62-65,67,71-72H,4-7,9-10,12-15,22-24,30-31,33,35-36,38-42,44-45,47-57H2,1-3H3,(H,73,74)/b11-8-,19-16-,20-17-,21-18-,28-25-,29-26-,32-27-,37-34-,46-43-. The number of ether oxygens (including phenoxy) is 5. The highest BCUT2D eigenvalue weighted by atomic mass is 16.7. The van der Waals surface area contributed by atoms with Crippen molar-refractivity contribution in [2.24, 2.45) is 0 Å². The van der Waals surface area contributed by atoms with Crippen LogP contribution in [0.15, 0.2) is 109 Å². The number of hydrogen-bond donors (Lipinski definition) is 3. The van der Waals surface area contributed by atoms with Crippen LogP contribution in [0.3, 0.4) is 0 Å². The van der Waals surface area contributed by atoms with Gasteiger partial charge in [-0.05, 0) is 122 Å². The molecule has 1 aliphatic rings. The van der Waals surface area contributed by atoms with Crippen LogP contribution in [0, 0.1) is 0 Å². The number of carboxylic acids is 1. The Morgan fingerprint density at radius 2 is 0.810 bits per heavy atom. The average Bonchev–Trinajstić information content (AvgIpc) is 3.43. The second kappa shape index (κ2) is 54.0. The number of rotatable bonds is 51. The van der Waals surface area contributed by atoms with Crippen molar-refractivity contribution < 1.29 is 58.2 Å². The van der Waals surface area contributed by atoms with Crippen LogP contribution in [0.2, 0.25) is 0 Å². The molecule has 6 atom stereocenters. The van der Waals surface area contributed by atoms with Gasteiger partial charge in [0.15, 0.2) is 24.6 Å². The van der Waals surface area contributed by atoms with Gasteiger partial charge in [-0.15, -0.1) is 0 Å². The number of aliphatic hydroxyl groups is 2. The van der Waals surface area contributed by atoms with Crippen molar-refractivity contribution in [1.29, 1.82) is 0 Å². The van der Waals surface area contributed by atoms with Crippen molar-refractivity contribution in [2.75, 3.05) is 13.2 Å². The van der Waals surface area contributed by atoms with E-state index < -0.39 is 67.3 Å². The van der Waals surface area contributed by atoms with Gasteiger partial charge in [0.1, 0.15) is 18.8 Å². The number of carboxylic acid groups (broad SMARTS) is 1. The summed E-state index contributed by atoms with van der Waals surface area (Å²) in [6, 6.07) is 0. The molecule has 12 heteroatoms. The maximum atomic E-state index is 13.2. The van der Waals surface area contributed by atoms with Gasteiger partial charge < -0.3 is 39.0 Å². The molecule has 12 nitrogen and oxygen atoms in total. The fourth-order valence-corrected chi connectivity index (χ4v) is 8.58. The fraction of sp³-hybridized carbons (Fsp3) is 0.672. The van der Waals surface area contributed by atoms with Crippen LogP contribution in [0.4, 0.5) is 0 Å². The van der Waals surface area contributed by atoms with E-state index in [2.05, 4.69) is 118 Å². The summed E-state index contributed by atoms with van der Waals surface area (Å²) >= 11 is 0. The zero-order chi connectivity index (χ0) is 57.5. The molecule has 0 aromatic heterocycles. The van der Waals surface area contributed by atoms with E-state index in [-0.39, 0.29) is 25.9 Å². The summed E-state index contributed by atoms with van der Waals surface area (Å²) in [5.41, 5.74) is 0. The van der Waals surface area contributed by atoms with E-state index in [1.165, 1.54) is 57.8 Å². The normalized spacial score (nSPS) is 18.6. The number of aliphatic carboxylic acids is 1. The molecule has 0 spiro atoms. The number of allylic oxidation sites excluding steroid dienone is 18. The quantitative estimate of drug-likeness (QED) is 0.0228. The van der Waals surface area contributed by atoms with Crippen molar-refractivity contribution >= 4 is 23.9 Å². The van der Waals surface area contributed by atoms with Crippen LogP contribution >= 0.6 is 0 Å². The van der Waals surface area contributed by atoms with Gasteiger partial charge >= 0.3 is 23.9 Å². The summed E-state index contributed by atoms with van der Waals surface area (Å²) in [4.78, 5) is 51.2. The summed E-state index contributed by atoms with van der Waals surface area (Å²) in [6.45, 7) is 5.79. The van der Waals surface area contributed by atoms with E-state index >= 15 is 0 Å². The first-order valence-electron chi connectivity index (χ1n) is 30.9. The van der Waals surface area contributed by atoms with E-state index in [0.717, 1.165) is 116 Å². The number of unbranched alkanes of at least 4 members (excludes halogenated alkanes) is 19. The lowest BCUT2D eigenvalue weighted by atomic mass is 9.98. The second-order valence-electron chi connectivity index (χ2n) is 20.6. The highest BCUT2D eigenvalue weighted by Gasteiger charge is 2.50. The van der Waals surface area contributed by atoms with Gasteiger partial charge in [-0.25, -0.2) is 4.79 Å². The zero-order valence-corrected chi connectivity index (χ0v) is 49.3. The van der Waals surface area contributed by atoms with Crippen LogP contribution < -0.4 is 0 Å². The predicted octanol–water partition coefficient (Wildman–Crippen LogP) is 16.2. The molecule has 0 aromatic rings. The summed E-state index contributed by atoms with van der Waals surface area (Å²) in [7, 11) is 0. The van der Waals surface area contributed by atoms with Gasteiger partial charge in [-0.2, -0.15) is 0 Å². The summed E-state index contributed by atoms with van der Waals surface area (Å²) < 4.78 is 28.4. The highest BCUT2D eigenvalue weighted by molar-refractivity contribution is 5.74. The van der Waals surface area contributed by atoms with Crippen LogP contribution in [0.1, 0.15) is 239 Å². The SMILES string of the molecule is CC/C=C\C/C=C\C/C=C\C/C=C\C/C=C\CCCC(=O)OC1C(OCC(COC(=O)CCCCCCCCC/C=C\C/C=C\CCCCC)OC(=O)CCCCCCC/C=C\C/C=C\CCCCC)OC(C(=O)O)C(O)C1O. The molecule has 1 fully saturated rings. The lowest BCUT2D eigenvalue weighted by Crippen LogP contribution is -2.61. The van der Waals surface area contributed by atoms with Gasteiger partial charge in [0.2, 0.25) is 0 Å². The Labute approximate surface area is 478 Å². The van der Waals surface area contributed by atoms with E-state index in [1.54, 1.807) is 0 Å². The van der Waals surface area contributed by atoms with Gasteiger partial charge in [0.25, 0.3) is 0 Å². The van der Waals surface area contributed by atoms with Crippen LogP contribution in [-0.2, 0) is 42.9 Å². The molecule has 0 amide bonds. The van der Waals surface area contributed by atoms with Gasteiger partial charge in [-0.3, -0.25) is 14.4 Å². The van der Waals surface area contributed by atoms with E-state index in [1.807, 2.05) is 12.2 Å². The smallest absolute Gasteiger partial charge is 0.335 e. The van der Waals surface area contributed by atoms with Crippen LogP contribution in [-0.4, -0.2) is 89.2 Å². The number of aliphatic hydroxyl groups excluding tert-OH is 2. The van der Waals surface area contributed by atoms with E-state index in [0.29, 0.717) is 25.7 Å². The number of esters is 3. The average molecular weight is 1110 g/mol. The fourth-order valence-electron chi connectivity index (χ4n) is 8.58. The Morgan fingerprint density at radius 3 is 1.25 bits per heavy atom. The molecule has 448 valence electrons. The molecule has 0 bridgehead atoms. The minimum absolute atomic E-state index is 0.0252. The largest absolute Gasteiger partial charge is 0.479 e. The van der Waals surface area contributed by atoms with Gasteiger partial charge in [0, 0.05) is 19.3 Å². The highest BCUT2D eigenvalue weighted by Crippen LogP contribution is 2.26. The third kappa shape index (κ3) is 43.8. The first-order valence-corrected chi connectivity index (χ1v) is 30.9. The van der Waals surface area contributed by atoms with Crippen molar-refractivity contribution in [1.82, 2.24) is 0 Å². The molecular weight excluding hydrogens is 997 g/mol. The Balaban J connectivity index is 2.73. The Hall–Kier alpha value is -4.62. The second-order valence-corrected chi connectivity index (χ2v) is 20.6. The van der Waals surface area contributed by atoms with Crippen molar-refractivity contribution in [3.63, 3.8) is 0 Å². The van der Waals surface area contributed by atoms with Crippen molar-refractivity contribution in [3.05, 3.63) is 109 Å². The Morgan fingerprint density at radius 1 is 0.430 bits per heavy atom. The Kier molecular flexibility index (Phi) is 49.5. The Bertz CT molecular complexity index is 1790. The van der Waals surface area contributed by atoms with Crippen molar-refractivity contribution in [3.8, 4) is 0 Å². The minimum atomic E-state index is -1.93. The lowest BCUT2D eigenvalue weighted by Gasteiger charge is -2.40. The molecule has 1 heterocycles. The molecule has 6 unspecified atom stereocenters.